The zero-order chi connectivity index (χ0) is 11.8. The van der Waals surface area contributed by atoms with Crippen LogP contribution in [0.2, 0.25) is 0 Å². The molecule has 0 saturated heterocycles. The van der Waals surface area contributed by atoms with Gasteiger partial charge in [-0.25, -0.2) is 0 Å². The van der Waals surface area contributed by atoms with Crippen LogP contribution in [-0.4, -0.2) is 44.0 Å². The smallest absolute Gasteiger partial charge is 0.305 e. The fourth-order valence-corrected chi connectivity index (χ4v) is 1.24. The summed E-state index contributed by atoms with van der Waals surface area (Å²) >= 11 is 0. The fraction of sp³-hybridized carbons (Fsp3) is 0.800. The maximum Gasteiger partial charge on any atom is 0.305 e. The number of esters is 1. The van der Waals surface area contributed by atoms with Crippen LogP contribution in [0.3, 0.4) is 0 Å². The molecule has 2 N–H and O–H groups in total. The van der Waals surface area contributed by atoms with Crippen LogP contribution in [-0.2, 0) is 14.3 Å². The normalized spacial score (nSPS) is 12.5. The van der Waals surface area contributed by atoms with E-state index in [1.54, 1.807) is 6.92 Å². The van der Waals surface area contributed by atoms with Crippen LogP contribution in [0.5, 0.6) is 0 Å². The molecule has 1 unspecified atom stereocenters. The number of primary amides is 1. The fourth-order valence-electron chi connectivity index (χ4n) is 1.24. The molecule has 0 bridgehead atoms. The third-order valence-electron chi connectivity index (χ3n) is 2.22. The lowest BCUT2D eigenvalue weighted by Gasteiger charge is -2.18. The predicted octanol–water partition coefficient (Wildman–Crippen LogP) is -0.00720. The molecule has 0 aliphatic heterocycles. The molecule has 0 aliphatic carbocycles. The van der Waals surface area contributed by atoms with Crippen molar-refractivity contribution in [3.63, 3.8) is 0 Å². The Morgan fingerprint density at radius 3 is 2.53 bits per heavy atom. The van der Waals surface area contributed by atoms with E-state index in [0.717, 1.165) is 13.0 Å². The first-order valence-electron chi connectivity index (χ1n) is 5.02. The number of nitrogens with zero attached hydrogens (tertiary/aromatic N) is 1. The number of hydrogen-bond acceptors (Lipinski definition) is 4. The Hall–Kier alpha value is -1.10. The Balaban J connectivity index is 3.61. The first-order chi connectivity index (χ1) is 6.97. The van der Waals surface area contributed by atoms with Gasteiger partial charge in [0.15, 0.2) is 0 Å². The summed E-state index contributed by atoms with van der Waals surface area (Å²) in [6.07, 6.45) is 1.14. The van der Waals surface area contributed by atoms with Gasteiger partial charge in [0.05, 0.1) is 7.11 Å². The Bertz CT molecular complexity index is 219. The first-order valence-corrected chi connectivity index (χ1v) is 5.02. The van der Waals surface area contributed by atoms with Gasteiger partial charge in [-0.15, -0.1) is 0 Å². The van der Waals surface area contributed by atoms with E-state index in [9.17, 15) is 9.59 Å². The van der Waals surface area contributed by atoms with Crippen molar-refractivity contribution in [2.24, 2.45) is 11.7 Å². The monoisotopic (exact) mass is 216 g/mol. The Morgan fingerprint density at radius 2 is 2.07 bits per heavy atom. The van der Waals surface area contributed by atoms with Crippen LogP contribution in [0, 0.1) is 5.92 Å². The van der Waals surface area contributed by atoms with Gasteiger partial charge in [0.2, 0.25) is 5.91 Å². The summed E-state index contributed by atoms with van der Waals surface area (Å²) < 4.78 is 4.52. The highest BCUT2D eigenvalue weighted by Crippen LogP contribution is 2.00. The quantitative estimate of drug-likeness (QED) is 0.608. The van der Waals surface area contributed by atoms with E-state index in [-0.39, 0.29) is 17.8 Å². The minimum atomic E-state index is -0.296. The number of carbonyl (C=O) groups is 2. The molecule has 0 rings (SSSR count). The largest absolute Gasteiger partial charge is 0.469 e. The van der Waals surface area contributed by atoms with Gasteiger partial charge in [-0.3, -0.25) is 9.59 Å². The van der Waals surface area contributed by atoms with Crippen LogP contribution >= 0.6 is 0 Å². The summed E-state index contributed by atoms with van der Waals surface area (Å²) in [4.78, 5) is 23.6. The topological polar surface area (TPSA) is 72.6 Å². The number of ether oxygens (including phenoxy) is 1. The first kappa shape index (κ1) is 13.9. The summed E-state index contributed by atoms with van der Waals surface area (Å²) in [6.45, 7) is 3.17. The van der Waals surface area contributed by atoms with E-state index in [0.29, 0.717) is 13.0 Å². The second-order valence-corrected chi connectivity index (χ2v) is 3.75. The molecular formula is C10H20N2O3. The average Bonchev–Trinajstić information content (AvgIpc) is 2.17. The third kappa shape index (κ3) is 6.90. The molecule has 0 radical (unpaired) electrons. The molecule has 0 heterocycles. The molecule has 0 fully saturated rings. The van der Waals surface area contributed by atoms with Crippen LogP contribution in [0.15, 0.2) is 0 Å². The SMILES string of the molecule is COC(=O)CCCN(C)CC(C)C(N)=O. The second kappa shape index (κ2) is 7.23. The highest BCUT2D eigenvalue weighted by Gasteiger charge is 2.11. The number of amides is 1. The maximum absolute atomic E-state index is 10.8. The van der Waals surface area contributed by atoms with Gasteiger partial charge in [-0.05, 0) is 20.0 Å². The van der Waals surface area contributed by atoms with Crippen molar-refractivity contribution in [1.29, 1.82) is 0 Å². The van der Waals surface area contributed by atoms with E-state index in [4.69, 9.17) is 5.73 Å². The summed E-state index contributed by atoms with van der Waals surface area (Å²) in [5.41, 5.74) is 5.14. The van der Waals surface area contributed by atoms with Crippen molar-refractivity contribution in [2.75, 3.05) is 27.2 Å². The minimum Gasteiger partial charge on any atom is -0.469 e. The molecule has 5 heteroatoms. The molecule has 5 nitrogen and oxygen atoms in total. The van der Waals surface area contributed by atoms with Gasteiger partial charge < -0.3 is 15.4 Å². The van der Waals surface area contributed by atoms with E-state index < -0.39 is 0 Å². The molecule has 0 aromatic carbocycles. The van der Waals surface area contributed by atoms with E-state index in [1.807, 2.05) is 11.9 Å². The van der Waals surface area contributed by atoms with Gasteiger partial charge in [-0.1, -0.05) is 6.92 Å². The highest BCUT2D eigenvalue weighted by atomic mass is 16.5. The summed E-state index contributed by atoms with van der Waals surface area (Å²) in [5.74, 6) is -0.658. The van der Waals surface area contributed by atoms with Gasteiger partial charge in [-0.2, -0.15) is 0 Å². The van der Waals surface area contributed by atoms with Gasteiger partial charge in [0.1, 0.15) is 0 Å². The zero-order valence-corrected chi connectivity index (χ0v) is 9.66. The van der Waals surface area contributed by atoms with Crippen LogP contribution in [0.4, 0.5) is 0 Å². The summed E-state index contributed by atoms with van der Waals surface area (Å²) in [5, 5.41) is 0. The molecule has 1 atom stereocenters. The highest BCUT2D eigenvalue weighted by molar-refractivity contribution is 5.76. The molecule has 15 heavy (non-hydrogen) atoms. The molecule has 1 amide bonds. The van der Waals surface area contributed by atoms with Gasteiger partial charge >= 0.3 is 5.97 Å². The lowest BCUT2D eigenvalue weighted by Crippen LogP contribution is -2.33. The minimum absolute atomic E-state index is 0.159. The van der Waals surface area contributed by atoms with Crippen molar-refractivity contribution >= 4 is 11.9 Å². The number of methoxy groups -OCH3 is 1. The lowest BCUT2D eigenvalue weighted by atomic mass is 10.1. The number of carbonyl (C=O) groups excluding carboxylic acids is 2. The maximum atomic E-state index is 10.8. The molecular weight excluding hydrogens is 196 g/mol. The lowest BCUT2D eigenvalue weighted by molar-refractivity contribution is -0.140. The van der Waals surface area contributed by atoms with Gasteiger partial charge in [0.25, 0.3) is 0 Å². The second-order valence-electron chi connectivity index (χ2n) is 3.75. The third-order valence-corrected chi connectivity index (χ3v) is 2.22. The summed E-state index contributed by atoms with van der Waals surface area (Å²) in [7, 11) is 3.28. The van der Waals surface area contributed by atoms with Crippen molar-refractivity contribution in [1.82, 2.24) is 4.90 Å². The Labute approximate surface area is 90.6 Å². The van der Waals surface area contributed by atoms with Gasteiger partial charge in [0, 0.05) is 18.9 Å². The molecule has 0 aromatic heterocycles. The molecule has 0 saturated carbocycles. The number of rotatable bonds is 7. The molecule has 0 aliphatic rings. The van der Waals surface area contributed by atoms with E-state index in [2.05, 4.69) is 4.74 Å². The van der Waals surface area contributed by atoms with Crippen LogP contribution in [0.25, 0.3) is 0 Å². The van der Waals surface area contributed by atoms with Crippen LogP contribution in [0.1, 0.15) is 19.8 Å². The molecule has 88 valence electrons. The van der Waals surface area contributed by atoms with Crippen molar-refractivity contribution in [3.05, 3.63) is 0 Å². The standard InChI is InChI=1S/C10H20N2O3/c1-8(10(11)14)7-12(2)6-4-5-9(13)15-3/h8H,4-7H2,1-3H3,(H2,11,14). The molecule has 0 spiro atoms. The Kier molecular flexibility index (Phi) is 6.70. The number of hydrogen-bond donors (Lipinski definition) is 1. The van der Waals surface area contributed by atoms with Crippen molar-refractivity contribution in [2.45, 2.75) is 19.8 Å². The molecule has 0 aromatic rings. The van der Waals surface area contributed by atoms with Crippen molar-refractivity contribution < 1.29 is 14.3 Å². The van der Waals surface area contributed by atoms with E-state index in [1.165, 1.54) is 7.11 Å². The van der Waals surface area contributed by atoms with Crippen molar-refractivity contribution in [3.8, 4) is 0 Å². The zero-order valence-electron chi connectivity index (χ0n) is 9.66. The average molecular weight is 216 g/mol. The van der Waals surface area contributed by atoms with E-state index >= 15 is 0 Å². The number of nitrogens with two attached hydrogens (primary N) is 1. The Morgan fingerprint density at radius 1 is 1.47 bits per heavy atom. The summed E-state index contributed by atoms with van der Waals surface area (Å²) in [6, 6.07) is 0. The predicted molar refractivity (Wildman–Crippen MR) is 57.1 cm³/mol. The van der Waals surface area contributed by atoms with Crippen LogP contribution < -0.4 is 5.73 Å².